The summed E-state index contributed by atoms with van der Waals surface area (Å²) < 4.78 is 11.4. The molecule has 50 heavy (non-hydrogen) atoms. The minimum atomic E-state index is 0. The number of carbonyl (C=O) groups excluding carboxylic acids is 1. The molecule has 0 unspecified atom stereocenters. The normalized spacial score (nSPS) is 12.6. The van der Waals surface area contributed by atoms with Crippen molar-refractivity contribution in [1.29, 1.82) is 0 Å². The van der Waals surface area contributed by atoms with Gasteiger partial charge in [-0.25, -0.2) is 0 Å². The van der Waals surface area contributed by atoms with Crippen molar-refractivity contribution < 1.29 is 31.4 Å². The number of pyridine rings is 1. The van der Waals surface area contributed by atoms with E-state index >= 15 is 0 Å². The van der Waals surface area contributed by atoms with Crippen molar-refractivity contribution >= 4 is 40.7 Å². The molecule has 3 nitrogen and oxygen atoms in total. The number of fused-ring (bicyclic) bond motifs is 2. The number of nitrogens with zero attached hydrogens (tertiary/aromatic N) is 1. The fourth-order valence-electron chi connectivity index (χ4n) is 6.36. The zero-order valence-corrected chi connectivity index (χ0v) is 35.8. The summed E-state index contributed by atoms with van der Waals surface area (Å²) in [5.41, 5.74) is 5.89. The van der Waals surface area contributed by atoms with Crippen LogP contribution in [0.1, 0.15) is 107 Å². The van der Waals surface area contributed by atoms with Crippen molar-refractivity contribution in [3.8, 4) is 21.3 Å². The number of allylic oxidation sites excluding steroid dienone is 2. The maximum atomic E-state index is 11.7. The van der Waals surface area contributed by atoms with E-state index in [0.717, 1.165) is 64.1 Å². The van der Waals surface area contributed by atoms with Gasteiger partial charge in [0.15, 0.2) is 5.78 Å². The molecular weight excluding hydrogens is 858 g/mol. The number of benzene rings is 3. The van der Waals surface area contributed by atoms with Crippen LogP contribution < -0.4 is 0 Å². The summed E-state index contributed by atoms with van der Waals surface area (Å²) in [4.78, 5) is 16.4. The van der Waals surface area contributed by atoms with E-state index in [9.17, 15) is 9.90 Å². The number of aliphatic hydroxyl groups excluding tert-OH is 1. The Kier molecular flexibility index (Phi) is 14.5. The van der Waals surface area contributed by atoms with Gasteiger partial charge in [-0.1, -0.05) is 27.7 Å². The first-order chi connectivity index (χ1) is 23.6. The number of carbonyl (C=O) groups is 1. The number of hydrogen-bond donors (Lipinski definition) is 1. The molecule has 0 atom stereocenters. The molecule has 5 rings (SSSR count). The summed E-state index contributed by atoms with van der Waals surface area (Å²) in [5, 5.41) is 13.2. The van der Waals surface area contributed by atoms with Gasteiger partial charge in [-0.3, -0.25) is 4.79 Å². The van der Waals surface area contributed by atoms with Gasteiger partial charge in [0.1, 0.15) is 0 Å². The molecule has 0 fully saturated rings. The van der Waals surface area contributed by atoms with Crippen LogP contribution in [0.25, 0.3) is 41.7 Å². The fourth-order valence-corrected chi connectivity index (χ4v) is 8.42. The molecule has 5 heteroatoms. The van der Waals surface area contributed by atoms with Crippen molar-refractivity contribution in [3.05, 3.63) is 102 Å². The molecule has 0 bridgehead atoms. The molecule has 0 aliphatic carbocycles. The van der Waals surface area contributed by atoms with Gasteiger partial charge >= 0.3 is 211 Å². The predicted molar refractivity (Wildman–Crippen MR) is 212 cm³/mol. The molecule has 0 aliphatic heterocycles. The van der Waals surface area contributed by atoms with Crippen LogP contribution in [0.5, 0.6) is 0 Å². The second-order valence-corrected chi connectivity index (χ2v) is 17.7. The Morgan fingerprint density at radius 1 is 0.920 bits per heavy atom. The molecule has 0 spiro atoms. The van der Waals surface area contributed by atoms with E-state index in [4.69, 9.17) is 6.35 Å². The van der Waals surface area contributed by atoms with Crippen LogP contribution in [0.15, 0.2) is 84.7 Å². The Labute approximate surface area is 322 Å². The number of aromatic nitrogens is 1. The third kappa shape index (κ3) is 10.8. The van der Waals surface area contributed by atoms with E-state index in [1.165, 1.54) is 26.8 Å². The average molecular weight is 915 g/mol. The molecule has 1 radical (unpaired) electrons. The largest absolute Gasteiger partial charge is 0 e. The minimum Gasteiger partial charge on any atom is 0 e. The van der Waals surface area contributed by atoms with Gasteiger partial charge < -0.3 is 5.11 Å². The van der Waals surface area contributed by atoms with Gasteiger partial charge in [-0.2, -0.15) is 0 Å². The molecule has 3 aromatic carbocycles. The van der Waals surface area contributed by atoms with Gasteiger partial charge in [0.25, 0.3) is 0 Å². The Hall–Kier alpha value is -2.81. The van der Waals surface area contributed by atoms with E-state index in [-0.39, 0.29) is 68.8 Å². The smallest absolute Gasteiger partial charge is 0 e. The summed E-state index contributed by atoms with van der Waals surface area (Å²) in [7, 11) is 0. The molecule has 0 saturated carbocycles. The standard InChI is InChI=1S/C32H32NSe.C13H24O2.Ir/c1-31(2,3)20-21-11-12-29-25(15-21)19-30(34-29)23-13-14-33-28(18-23)24-16-22-9-7-8-10-26(22)27(17-24)32(4,5)6;1-5-10(6-2)12(14)9-13(15)11(7-3)8-4;/h7-15,17-19H,20H2,1-6H3;9-11,14H,5-8H2,1-4H3;/q-1;;/b;12-9-;/i19D;;. The minimum absolute atomic E-state index is 0. The molecule has 5 aromatic rings. The van der Waals surface area contributed by atoms with Crippen LogP contribution in [-0.2, 0) is 36.7 Å². The first-order valence-corrected chi connectivity index (χ1v) is 19.7. The van der Waals surface area contributed by atoms with Crippen LogP contribution >= 0.6 is 0 Å². The van der Waals surface area contributed by atoms with Crippen molar-refractivity contribution in [1.82, 2.24) is 4.98 Å². The first kappa shape index (κ1) is 40.0. The fraction of sp³-hybridized carbons (Fsp3) is 0.422. The maximum absolute atomic E-state index is 11.7. The maximum Gasteiger partial charge on any atom is 0 e. The van der Waals surface area contributed by atoms with Crippen LogP contribution in [0.2, 0.25) is 0 Å². The van der Waals surface area contributed by atoms with E-state index in [1.54, 1.807) is 0 Å². The SMILES string of the molecule is CCC(CC)C(=O)/C=C(\O)C(CC)CC.[2H]c1c(-c2ccnc(-c3[c-]c4ccccc4c(C(C)(C)C)c3)c2)[se]c2ccc(CC(C)(C)C)cc12.[Ir]. The van der Waals surface area contributed by atoms with Crippen molar-refractivity contribution in [2.24, 2.45) is 17.3 Å². The van der Waals surface area contributed by atoms with Gasteiger partial charge in [-0.15, -0.1) is 0 Å². The Morgan fingerprint density at radius 3 is 2.20 bits per heavy atom. The molecule has 2 aromatic heterocycles. The van der Waals surface area contributed by atoms with E-state index < -0.39 is 0 Å². The zero-order valence-electron chi connectivity index (χ0n) is 32.7. The second kappa shape index (κ2) is 18.1. The Morgan fingerprint density at radius 2 is 1.58 bits per heavy atom. The van der Waals surface area contributed by atoms with Gasteiger partial charge in [0.2, 0.25) is 0 Å². The number of rotatable bonds is 10. The molecule has 0 aliphatic rings. The van der Waals surface area contributed by atoms with Gasteiger partial charge in [0, 0.05) is 38.0 Å². The van der Waals surface area contributed by atoms with Gasteiger partial charge in [-0.05, 0) is 25.7 Å². The van der Waals surface area contributed by atoms with Crippen molar-refractivity contribution in [3.63, 3.8) is 0 Å². The molecule has 2 heterocycles. The quantitative estimate of drug-likeness (QED) is 0.0657. The first-order valence-electron chi connectivity index (χ1n) is 18.5. The average Bonchev–Trinajstić information content (AvgIpc) is 3.39. The Bertz CT molecular complexity index is 1960. The van der Waals surface area contributed by atoms with Crippen molar-refractivity contribution in [2.75, 3.05) is 0 Å². The summed E-state index contributed by atoms with van der Waals surface area (Å²) >= 11 is 0.120. The van der Waals surface area contributed by atoms with Crippen LogP contribution in [0, 0.1) is 23.3 Å². The number of aliphatic hydroxyl groups is 1. The van der Waals surface area contributed by atoms with Crippen LogP contribution in [0.3, 0.4) is 0 Å². The van der Waals surface area contributed by atoms with Gasteiger partial charge in [0.05, 0.1) is 5.76 Å². The van der Waals surface area contributed by atoms with E-state index in [2.05, 4.69) is 108 Å². The Balaban J connectivity index is 0.000000374. The second-order valence-electron chi connectivity index (χ2n) is 15.4. The molecular formula is C45H56IrNO2Se-. The van der Waals surface area contributed by atoms with E-state index in [0.29, 0.717) is 6.04 Å². The van der Waals surface area contributed by atoms with Crippen LogP contribution in [0.4, 0.5) is 0 Å². The third-order valence-electron chi connectivity index (χ3n) is 9.20. The molecule has 0 saturated heterocycles. The molecule has 269 valence electrons. The summed E-state index contributed by atoms with van der Waals surface area (Å²) in [5.74, 6) is 0.547. The molecule has 0 amide bonds. The predicted octanol–water partition coefficient (Wildman–Crippen LogP) is 12.3. The molecule has 1 N–H and O–H groups in total. The topological polar surface area (TPSA) is 50.2 Å². The van der Waals surface area contributed by atoms with Crippen LogP contribution in [-0.4, -0.2) is 30.4 Å². The van der Waals surface area contributed by atoms with E-state index in [1.807, 2.05) is 33.9 Å². The monoisotopic (exact) mass is 916 g/mol. The summed E-state index contributed by atoms with van der Waals surface area (Å²) in [6.07, 6.45) is 7.81. The number of ketones is 1. The zero-order chi connectivity index (χ0) is 36.8. The number of hydrogen-bond acceptors (Lipinski definition) is 3. The summed E-state index contributed by atoms with van der Waals surface area (Å²) in [6.45, 7) is 21.6. The third-order valence-corrected chi connectivity index (χ3v) is 11.5. The van der Waals surface area contributed by atoms with Crippen molar-refractivity contribution in [2.45, 2.75) is 107 Å². The summed E-state index contributed by atoms with van der Waals surface area (Å²) in [6, 6.07) is 26.0.